The van der Waals surface area contributed by atoms with E-state index in [2.05, 4.69) is 5.32 Å². The summed E-state index contributed by atoms with van der Waals surface area (Å²) >= 11 is 0. The number of benzene rings is 1. The molecule has 2 amide bonds. The first-order valence-electron chi connectivity index (χ1n) is 4.29. The summed E-state index contributed by atoms with van der Waals surface area (Å²) in [5.74, 6) is -0.833. The lowest BCUT2D eigenvalue weighted by molar-refractivity contribution is -0.134. The zero-order valence-electron chi connectivity index (χ0n) is 8.43. The molecular formula is C10H14N2O3. The maximum Gasteiger partial charge on any atom is 0.312 e. The molecule has 0 radical (unpaired) electrons. The van der Waals surface area contributed by atoms with Crippen LogP contribution in [0.15, 0.2) is 30.3 Å². The zero-order valence-corrected chi connectivity index (χ0v) is 8.43. The normalized spacial score (nSPS) is 8.33. The zero-order chi connectivity index (χ0) is 11.7. The smallest absolute Gasteiger partial charge is 0.312 e. The van der Waals surface area contributed by atoms with Crippen molar-refractivity contribution in [1.82, 2.24) is 5.32 Å². The van der Waals surface area contributed by atoms with Gasteiger partial charge in [-0.25, -0.2) is 4.79 Å². The molecule has 5 nitrogen and oxygen atoms in total. The molecule has 0 heterocycles. The molecule has 1 aromatic carbocycles. The second-order valence-electron chi connectivity index (χ2n) is 2.72. The van der Waals surface area contributed by atoms with Crippen LogP contribution in [-0.4, -0.2) is 17.1 Å². The minimum absolute atomic E-state index is 0.492. The van der Waals surface area contributed by atoms with Crippen molar-refractivity contribution in [3.8, 4) is 0 Å². The van der Waals surface area contributed by atoms with E-state index in [1.807, 2.05) is 30.3 Å². The fourth-order valence-corrected chi connectivity index (χ4v) is 0.785. The molecular weight excluding hydrogens is 196 g/mol. The molecule has 0 aliphatic heterocycles. The average Bonchev–Trinajstić information content (AvgIpc) is 2.15. The van der Waals surface area contributed by atoms with E-state index < -0.39 is 12.0 Å². The Labute approximate surface area is 87.9 Å². The predicted molar refractivity (Wildman–Crippen MR) is 56.2 cm³/mol. The monoisotopic (exact) mass is 210 g/mol. The number of amides is 2. The summed E-state index contributed by atoms with van der Waals surface area (Å²) in [5.41, 5.74) is 5.94. The summed E-state index contributed by atoms with van der Waals surface area (Å²) in [5, 5.41) is 9.92. The first-order valence-corrected chi connectivity index (χ1v) is 4.29. The maximum absolute atomic E-state index is 10.3. The van der Waals surface area contributed by atoms with Gasteiger partial charge in [0.05, 0.1) is 0 Å². The number of primary amides is 1. The van der Waals surface area contributed by atoms with Crippen LogP contribution in [0.2, 0.25) is 0 Å². The number of rotatable bonds is 2. The molecule has 82 valence electrons. The SMILES string of the molecule is CC(=O)O.NC(=O)NCc1ccccc1. The van der Waals surface area contributed by atoms with Crippen LogP contribution in [-0.2, 0) is 11.3 Å². The standard InChI is InChI=1S/C8H10N2O.C2H4O2/c9-8(11)10-6-7-4-2-1-3-5-7;1-2(3)4/h1-5H,6H2,(H3,9,10,11);1H3,(H,3,4). The minimum atomic E-state index is -0.833. The molecule has 5 heteroatoms. The van der Waals surface area contributed by atoms with E-state index in [0.29, 0.717) is 6.54 Å². The molecule has 4 N–H and O–H groups in total. The third kappa shape index (κ3) is 9.88. The molecule has 0 saturated carbocycles. The van der Waals surface area contributed by atoms with E-state index in [1.165, 1.54) is 0 Å². The van der Waals surface area contributed by atoms with Gasteiger partial charge in [0.1, 0.15) is 0 Å². The third-order valence-electron chi connectivity index (χ3n) is 1.31. The molecule has 0 atom stereocenters. The van der Waals surface area contributed by atoms with Gasteiger partial charge in [-0.15, -0.1) is 0 Å². The molecule has 0 aromatic heterocycles. The number of nitrogens with two attached hydrogens (primary N) is 1. The summed E-state index contributed by atoms with van der Waals surface area (Å²) in [6.45, 7) is 1.58. The number of carbonyl (C=O) groups excluding carboxylic acids is 1. The highest BCUT2D eigenvalue weighted by Gasteiger charge is 1.91. The summed E-state index contributed by atoms with van der Waals surface area (Å²) < 4.78 is 0. The van der Waals surface area contributed by atoms with Gasteiger partial charge in [0, 0.05) is 13.5 Å². The Morgan fingerprint density at radius 3 is 2.20 bits per heavy atom. The van der Waals surface area contributed by atoms with E-state index >= 15 is 0 Å². The van der Waals surface area contributed by atoms with Gasteiger partial charge in [-0.1, -0.05) is 30.3 Å². The number of aliphatic carboxylic acids is 1. The van der Waals surface area contributed by atoms with Crippen molar-refractivity contribution in [2.24, 2.45) is 5.73 Å². The molecule has 15 heavy (non-hydrogen) atoms. The number of carboxylic acids is 1. The molecule has 0 saturated heterocycles. The topological polar surface area (TPSA) is 92.4 Å². The summed E-state index contributed by atoms with van der Waals surface area (Å²) in [4.78, 5) is 19.3. The number of carbonyl (C=O) groups is 2. The number of nitrogens with one attached hydrogen (secondary N) is 1. The number of carboxylic acid groups (broad SMARTS) is 1. The second kappa shape index (κ2) is 7.37. The van der Waals surface area contributed by atoms with Gasteiger partial charge >= 0.3 is 6.03 Å². The number of hydrogen-bond donors (Lipinski definition) is 3. The van der Waals surface area contributed by atoms with Crippen LogP contribution >= 0.6 is 0 Å². The number of urea groups is 1. The van der Waals surface area contributed by atoms with Crippen LogP contribution in [0.3, 0.4) is 0 Å². The maximum atomic E-state index is 10.3. The summed E-state index contributed by atoms with van der Waals surface area (Å²) in [6.07, 6.45) is 0. The van der Waals surface area contributed by atoms with Crippen LogP contribution < -0.4 is 11.1 Å². The molecule has 0 aliphatic rings. The van der Waals surface area contributed by atoms with Crippen LogP contribution in [0.25, 0.3) is 0 Å². The van der Waals surface area contributed by atoms with Gasteiger partial charge in [-0.3, -0.25) is 4.79 Å². The lowest BCUT2D eigenvalue weighted by Gasteiger charge is -1.99. The van der Waals surface area contributed by atoms with Crippen molar-refractivity contribution in [2.45, 2.75) is 13.5 Å². The van der Waals surface area contributed by atoms with Crippen LogP contribution in [0, 0.1) is 0 Å². The minimum Gasteiger partial charge on any atom is -0.481 e. The van der Waals surface area contributed by atoms with Crippen molar-refractivity contribution in [3.05, 3.63) is 35.9 Å². The Morgan fingerprint density at radius 2 is 1.80 bits per heavy atom. The van der Waals surface area contributed by atoms with Gasteiger partial charge < -0.3 is 16.2 Å². The van der Waals surface area contributed by atoms with E-state index in [-0.39, 0.29) is 0 Å². The van der Waals surface area contributed by atoms with Crippen LogP contribution in [0.1, 0.15) is 12.5 Å². The Morgan fingerprint density at radius 1 is 1.33 bits per heavy atom. The lowest BCUT2D eigenvalue weighted by atomic mass is 10.2. The van der Waals surface area contributed by atoms with Gasteiger partial charge in [0.15, 0.2) is 0 Å². The Balaban J connectivity index is 0.000000423. The van der Waals surface area contributed by atoms with Gasteiger partial charge in [-0.05, 0) is 5.56 Å². The molecule has 0 fully saturated rings. The molecule has 0 aliphatic carbocycles. The molecule has 1 rings (SSSR count). The first-order chi connectivity index (χ1) is 7.02. The molecule has 1 aromatic rings. The predicted octanol–water partition coefficient (Wildman–Crippen LogP) is 0.946. The van der Waals surface area contributed by atoms with Crippen LogP contribution in [0.4, 0.5) is 4.79 Å². The van der Waals surface area contributed by atoms with Crippen molar-refractivity contribution in [1.29, 1.82) is 0 Å². The Hall–Kier alpha value is -2.04. The highest BCUT2D eigenvalue weighted by atomic mass is 16.4. The van der Waals surface area contributed by atoms with E-state index in [4.69, 9.17) is 15.6 Å². The van der Waals surface area contributed by atoms with E-state index in [0.717, 1.165) is 12.5 Å². The first kappa shape index (κ1) is 13.0. The summed E-state index contributed by atoms with van der Waals surface area (Å²) in [7, 11) is 0. The van der Waals surface area contributed by atoms with Crippen LogP contribution in [0.5, 0.6) is 0 Å². The van der Waals surface area contributed by atoms with Crippen molar-refractivity contribution >= 4 is 12.0 Å². The number of hydrogen-bond acceptors (Lipinski definition) is 2. The van der Waals surface area contributed by atoms with Gasteiger partial charge in [0.2, 0.25) is 0 Å². The average molecular weight is 210 g/mol. The van der Waals surface area contributed by atoms with Gasteiger partial charge in [0.25, 0.3) is 5.97 Å². The molecule has 0 unspecified atom stereocenters. The fourth-order valence-electron chi connectivity index (χ4n) is 0.785. The second-order valence-corrected chi connectivity index (χ2v) is 2.72. The highest BCUT2D eigenvalue weighted by molar-refractivity contribution is 5.71. The quantitative estimate of drug-likeness (QED) is 0.678. The molecule has 0 spiro atoms. The van der Waals surface area contributed by atoms with E-state index in [9.17, 15) is 4.79 Å². The molecule has 0 bridgehead atoms. The Bertz CT molecular complexity index is 308. The highest BCUT2D eigenvalue weighted by Crippen LogP contribution is 1.96. The van der Waals surface area contributed by atoms with Crippen molar-refractivity contribution in [3.63, 3.8) is 0 Å². The largest absolute Gasteiger partial charge is 0.481 e. The van der Waals surface area contributed by atoms with E-state index in [1.54, 1.807) is 0 Å². The van der Waals surface area contributed by atoms with Crippen molar-refractivity contribution in [2.75, 3.05) is 0 Å². The summed E-state index contributed by atoms with van der Waals surface area (Å²) in [6, 6.07) is 9.12. The Kier molecular flexibility index (Phi) is 6.37. The lowest BCUT2D eigenvalue weighted by Crippen LogP contribution is -2.28. The van der Waals surface area contributed by atoms with Crippen molar-refractivity contribution < 1.29 is 14.7 Å². The fraction of sp³-hybridized carbons (Fsp3) is 0.200. The third-order valence-corrected chi connectivity index (χ3v) is 1.31. The van der Waals surface area contributed by atoms with Gasteiger partial charge in [-0.2, -0.15) is 0 Å².